The summed E-state index contributed by atoms with van der Waals surface area (Å²) in [5.41, 5.74) is 0.977. The Morgan fingerprint density at radius 1 is 1.29 bits per heavy atom. The van der Waals surface area contributed by atoms with Gasteiger partial charge in [0.05, 0.1) is 13.3 Å². The lowest BCUT2D eigenvalue weighted by atomic mass is 10.2. The third-order valence-electron chi connectivity index (χ3n) is 2.73. The van der Waals surface area contributed by atoms with E-state index in [0.717, 1.165) is 22.9 Å². The molecule has 0 saturated carbocycles. The minimum absolute atomic E-state index is 0. The van der Waals surface area contributed by atoms with E-state index in [1.807, 2.05) is 31.3 Å². The first-order valence-corrected chi connectivity index (χ1v) is 7.09. The lowest BCUT2D eigenvalue weighted by Gasteiger charge is -2.01. The molecular weight excluding hydrogens is 310 g/mol. The van der Waals surface area contributed by atoms with Gasteiger partial charge in [0, 0.05) is 18.7 Å². The minimum Gasteiger partial charge on any atom is -0.497 e. The quantitative estimate of drug-likeness (QED) is 0.798. The first kappa shape index (κ1) is 17.4. The fourth-order valence-electron chi connectivity index (χ4n) is 1.63. The predicted octanol–water partition coefficient (Wildman–Crippen LogP) is 2.19. The highest BCUT2D eigenvalue weighted by Crippen LogP contribution is 2.26. The predicted molar refractivity (Wildman–Crippen MR) is 87.6 cm³/mol. The second-order valence-corrected chi connectivity index (χ2v) is 5.15. The number of benzene rings is 1. The fraction of sp³-hybridized carbons (Fsp3) is 0.286. The van der Waals surface area contributed by atoms with Crippen LogP contribution in [0.1, 0.15) is 9.67 Å². The second-order valence-electron chi connectivity index (χ2n) is 4.12. The van der Waals surface area contributed by atoms with Crippen molar-refractivity contribution in [3.05, 3.63) is 35.3 Å². The SMILES string of the molecule is CNCCNC(=O)c1cnc(-c2ccc(OC)cc2)s1.Cl. The van der Waals surface area contributed by atoms with Gasteiger partial charge in [-0.1, -0.05) is 0 Å². The molecule has 7 heteroatoms. The number of methoxy groups -OCH3 is 1. The number of carbonyl (C=O) groups is 1. The summed E-state index contributed by atoms with van der Waals surface area (Å²) in [6.45, 7) is 1.35. The van der Waals surface area contributed by atoms with Crippen molar-refractivity contribution >= 4 is 29.7 Å². The van der Waals surface area contributed by atoms with Gasteiger partial charge in [0.1, 0.15) is 15.6 Å². The van der Waals surface area contributed by atoms with Gasteiger partial charge in [0.25, 0.3) is 5.91 Å². The summed E-state index contributed by atoms with van der Waals surface area (Å²) in [5.74, 6) is 0.716. The van der Waals surface area contributed by atoms with Crippen LogP contribution in [0.25, 0.3) is 10.6 Å². The Morgan fingerprint density at radius 2 is 2.00 bits per heavy atom. The van der Waals surface area contributed by atoms with Gasteiger partial charge in [-0.05, 0) is 31.3 Å². The Balaban J connectivity index is 0.00000220. The van der Waals surface area contributed by atoms with Crippen LogP contribution in [-0.4, -0.2) is 38.1 Å². The Hall–Kier alpha value is -1.63. The number of amides is 1. The van der Waals surface area contributed by atoms with Gasteiger partial charge in [-0.15, -0.1) is 23.7 Å². The molecule has 0 aliphatic carbocycles. The Kier molecular flexibility index (Phi) is 7.14. The lowest BCUT2D eigenvalue weighted by Crippen LogP contribution is -2.29. The van der Waals surface area contributed by atoms with E-state index >= 15 is 0 Å². The number of rotatable bonds is 6. The van der Waals surface area contributed by atoms with E-state index in [9.17, 15) is 4.79 Å². The number of nitrogens with one attached hydrogen (secondary N) is 2. The average Bonchev–Trinajstić information content (AvgIpc) is 2.97. The molecule has 2 rings (SSSR count). The first-order chi connectivity index (χ1) is 9.74. The molecule has 1 aromatic carbocycles. The molecule has 0 fully saturated rings. The van der Waals surface area contributed by atoms with Crippen molar-refractivity contribution in [2.75, 3.05) is 27.2 Å². The Labute approximate surface area is 134 Å². The molecule has 0 spiro atoms. The fourth-order valence-corrected chi connectivity index (χ4v) is 2.47. The molecule has 0 aliphatic heterocycles. The van der Waals surface area contributed by atoms with Crippen molar-refractivity contribution in [3.63, 3.8) is 0 Å². The van der Waals surface area contributed by atoms with Crippen LogP contribution in [0, 0.1) is 0 Å². The highest BCUT2D eigenvalue weighted by atomic mass is 35.5. The van der Waals surface area contributed by atoms with Gasteiger partial charge in [-0.3, -0.25) is 4.79 Å². The third-order valence-corrected chi connectivity index (χ3v) is 3.77. The summed E-state index contributed by atoms with van der Waals surface area (Å²) in [6.07, 6.45) is 1.61. The van der Waals surface area contributed by atoms with Gasteiger partial charge < -0.3 is 15.4 Å². The van der Waals surface area contributed by atoms with E-state index in [-0.39, 0.29) is 18.3 Å². The number of hydrogen-bond donors (Lipinski definition) is 2. The maximum atomic E-state index is 11.9. The molecule has 0 bridgehead atoms. The zero-order chi connectivity index (χ0) is 14.4. The largest absolute Gasteiger partial charge is 0.497 e. The van der Waals surface area contributed by atoms with Crippen molar-refractivity contribution in [1.29, 1.82) is 0 Å². The van der Waals surface area contributed by atoms with E-state index in [4.69, 9.17) is 4.74 Å². The molecule has 0 aliphatic rings. The van der Waals surface area contributed by atoms with E-state index in [1.165, 1.54) is 11.3 Å². The molecule has 2 aromatic rings. The summed E-state index contributed by atoms with van der Waals surface area (Å²) in [6, 6.07) is 7.62. The molecule has 5 nitrogen and oxygen atoms in total. The van der Waals surface area contributed by atoms with Gasteiger partial charge >= 0.3 is 0 Å². The molecule has 0 atom stereocenters. The number of hydrogen-bond acceptors (Lipinski definition) is 5. The summed E-state index contributed by atoms with van der Waals surface area (Å²) >= 11 is 1.38. The molecule has 1 aromatic heterocycles. The van der Waals surface area contributed by atoms with Crippen LogP contribution in [0.4, 0.5) is 0 Å². The summed E-state index contributed by atoms with van der Waals surface area (Å²) in [7, 11) is 3.48. The van der Waals surface area contributed by atoms with Crippen molar-refractivity contribution in [1.82, 2.24) is 15.6 Å². The monoisotopic (exact) mass is 327 g/mol. The highest BCUT2D eigenvalue weighted by Gasteiger charge is 2.11. The van der Waals surface area contributed by atoms with Crippen LogP contribution in [-0.2, 0) is 0 Å². The number of ether oxygens (including phenoxy) is 1. The number of nitrogens with zero attached hydrogens (tertiary/aromatic N) is 1. The highest BCUT2D eigenvalue weighted by molar-refractivity contribution is 7.16. The molecular formula is C14H18ClN3O2S. The second kappa shape index (κ2) is 8.61. The number of likely N-dealkylation sites (N-methyl/N-ethyl adjacent to an activating group) is 1. The summed E-state index contributed by atoms with van der Waals surface area (Å²) < 4.78 is 5.12. The molecule has 114 valence electrons. The number of aromatic nitrogens is 1. The topological polar surface area (TPSA) is 63.2 Å². The number of thiazole rings is 1. The van der Waals surface area contributed by atoms with E-state index < -0.39 is 0 Å². The van der Waals surface area contributed by atoms with Gasteiger partial charge in [-0.2, -0.15) is 0 Å². The maximum absolute atomic E-state index is 11.9. The number of carbonyl (C=O) groups excluding carboxylic acids is 1. The Bertz CT molecular complexity index is 572. The minimum atomic E-state index is -0.0856. The molecule has 0 saturated heterocycles. The van der Waals surface area contributed by atoms with E-state index in [0.29, 0.717) is 11.4 Å². The van der Waals surface area contributed by atoms with Crippen LogP contribution in [0.5, 0.6) is 5.75 Å². The molecule has 0 unspecified atom stereocenters. The van der Waals surface area contributed by atoms with Gasteiger partial charge in [0.2, 0.25) is 0 Å². The average molecular weight is 328 g/mol. The lowest BCUT2D eigenvalue weighted by molar-refractivity contribution is 0.0958. The van der Waals surface area contributed by atoms with E-state index in [2.05, 4.69) is 15.6 Å². The third kappa shape index (κ3) is 4.70. The van der Waals surface area contributed by atoms with Gasteiger partial charge in [-0.25, -0.2) is 4.98 Å². The van der Waals surface area contributed by atoms with Gasteiger partial charge in [0.15, 0.2) is 0 Å². The van der Waals surface area contributed by atoms with Crippen molar-refractivity contribution in [3.8, 4) is 16.3 Å². The number of halogens is 1. The van der Waals surface area contributed by atoms with Crippen LogP contribution in [0.2, 0.25) is 0 Å². The zero-order valence-electron chi connectivity index (χ0n) is 11.9. The van der Waals surface area contributed by atoms with Crippen LogP contribution in [0.3, 0.4) is 0 Å². The van der Waals surface area contributed by atoms with E-state index in [1.54, 1.807) is 13.3 Å². The van der Waals surface area contributed by atoms with Crippen LogP contribution in [0.15, 0.2) is 30.5 Å². The zero-order valence-corrected chi connectivity index (χ0v) is 13.5. The standard InChI is InChI=1S/C14H17N3O2S.ClH/c1-15-7-8-16-13(18)12-9-17-14(20-12)10-3-5-11(19-2)6-4-10;/h3-6,9,15H,7-8H2,1-2H3,(H,16,18);1H. The summed E-state index contributed by atoms with van der Waals surface area (Å²) in [5, 5.41) is 6.63. The van der Waals surface area contributed by atoms with Crippen molar-refractivity contribution in [2.24, 2.45) is 0 Å². The molecule has 1 heterocycles. The summed E-state index contributed by atoms with van der Waals surface area (Å²) in [4.78, 5) is 16.8. The molecule has 2 N–H and O–H groups in total. The molecule has 21 heavy (non-hydrogen) atoms. The maximum Gasteiger partial charge on any atom is 0.263 e. The van der Waals surface area contributed by atoms with Crippen LogP contribution < -0.4 is 15.4 Å². The van der Waals surface area contributed by atoms with Crippen molar-refractivity contribution in [2.45, 2.75) is 0 Å². The smallest absolute Gasteiger partial charge is 0.263 e. The first-order valence-electron chi connectivity index (χ1n) is 6.27. The molecule has 0 radical (unpaired) electrons. The van der Waals surface area contributed by atoms with Crippen molar-refractivity contribution < 1.29 is 9.53 Å². The normalized spacial score (nSPS) is 9.81. The Morgan fingerprint density at radius 3 is 2.62 bits per heavy atom. The van der Waals surface area contributed by atoms with Crippen LogP contribution >= 0.6 is 23.7 Å². The molecule has 1 amide bonds.